The highest BCUT2D eigenvalue weighted by Gasteiger charge is 2.36. The molecule has 7 nitrogen and oxygen atoms in total. The van der Waals surface area contributed by atoms with Crippen LogP contribution in [0.15, 0.2) is 4.90 Å². The highest BCUT2D eigenvalue weighted by molar-refractivity contribution is 7.89. The first-order chi connectivity index (χ1) is 9.25. The number of aryl methyl sites for hydroxylation is 2. The molecule has 1 unspecified atom stereocenters. The molecule has 1 fully saturated rings. The van der Waals surface area contributed by atoms with Gasteiger partial charge in [0.1, 0.15) is 4.90 Å². The molecule has 8 heteroatoms. The maximum Gasteiger partial charge on any atom is 0.307 e. The predicted octanol–water partition coefficient (Wildman–Crippen LogP) is 0.522. The Kier molecular flexibility index (Phi) is 3.88. The Labute approximate surface area is 118 Å². The summed E-state index contributed by atoms with van der Waals surface area (Å²) in [6, 6.07) is 0. The fourth-order valence-electron chi connectivity index (χ4n) is 2.62. The van der Waals surface area contributed by atoms with Gasteiger partial charge in [-0.15, -0.1) is 0 Å². The molecular formula is C12H19N3O4S. The monoisotopic (exact) mass is 301 g/mol. The zero-order chi connectivity index (χ0) is 15.1. The normalized spacial score (nSPS) is 21.1. The molecule has 0 saturated carbocycles. The SMILES string of the molecule is Cc1nn(C)c(C)c1S(=O)(=O)N1CCCC(C(=O)O)C1. The zero-order valence-electron chi connectivity index (χ0n) is 11.8. The molecule has 0 amide bonds. The lowest BCUT2D eigenvalue weighted by molar-refractivity contribution is -0.142. The van der Waals surface area contributed by atoms with E-state index < -0.39 is 21.9 Å². The summed E-state index contributed by atoms with van der Waals surface area (Å²) in [7, 11) is -1.99. The van der Waals surface area contributed by atoms with Crippen LogP contribution in [0.2, 0.25) is 0 Å². The number of carboxylic acids is 1. The minimum Gasteiger partial charge on any atom is -0.481 e. The number of hydrogen-bond donors (Lipinski definition) is 1. The van der Waals surface area contributed by atoms with Crippen molar-refractivity contribution >= 4 is 16.0 Å². The summed E-state index contributed by atoms with van der Waals surface area (Å²) in [5.41, 5.74) is 1.02. The van der Waals surface area contributed by atoms with Gasteiger partial charge in [0.05, 0.1) is 17.3 Å². The van der Waals surface area contributed by atoms with E-state index in [9.17, 15) is 13.2 Å². The quantitative estimate of drug-likeness (QED) is 0.878. The van der Waals surface area contributed by atoms with Crippen LogP contribution in [-0.4, -0.2) is 46.7 Å². The van der Waals surface area contributed by atoms with Gasteiger partial charge in [-0.3, -0.25) is 9.48 Å². The molecule has 112 valence electrons. The Hall–Kier alpha value is -1.41. The molecular weight excluding hydrogens is 282 g/mol. The first-order valence-electron chi connectivity index (χ1n) is 6.48. The van der Waals surface area contributed by atoms with Crippen molar-refractivity contribution in [3.8, 4) is 0 Å². The fraction of sp³-hybridized carbons (Fsp3) is 0.667. The number of sulfonamides is 1. The largest absolute Gasteiger partial charge is 0.481 e. The third-order valence-electron chi connectivity index (χ3n) is 3.77. The van der Waals surface area contributed by atoms with Gasteiger partial charge < -0.3 is 5.11 Å². The molecule has 1 saturated heterocycles. The Morgan fingerprint density at radius 1 is 1.40 bits per heavy atom. The molecule has 1 N–H and O–H groups in total. The average molecular weight is 301 g/mol. The summed E-state index contributed by atoms with van der Waals surface area (Å²) in [6.07, 6.45) is 1.08. The number of piperidine rings is 1. The third kappa shape index (κ3) is 2.45. The van der Waals surface area contributed by atoms with Gasteiger partial charge in [-0.25, -0.2) is 8.42 Å². The molecule has 0 bridgehead atoms. The molecule has 1 aliphatic heterocycles. The van der Waals surface area contributed by atoms with E-state index >= 15 is 0 Å². The molecule has 1 atom stereocenters. The van der Waals surface area contributed by atoms with Gasteiger partial charge in [0.2, 0.25) is 10.0 Å². The van der Waals surface area contributed by atoms with Gasteiger partial charge in [0.15, 0.2) is 0 Å². The van der Waals surface area contributed by atoms with Crippen LogP contribution in [0.4, 0.5) is 0 Å². The van der Waals surface area contributed by atoms with Crippen molar-refractivity contribution in [3.63, 3.8) is 0 Å². The summed E-state index contributed by atoms with van der Waals surface area (Å²) in [4.78, 5) is 11.3. The molecule has 2 heterocycles. The smallest absolute Gasteiger partial charge is 0.307 e. The molecule has 0 aromatic carbocycles. The predicted molar refractivity (Wildman–Crippen MR) is 71.8 cm³/mol. The van der Waals surface area contributed by atoms with Gasteiger partial charge in [-0.05, 0) is 26.7 Å². The maximum absolute atomic E-state index is 12.7. The highest BCUT2D eigenvalue weighted by Crippen LogP contribution is 2.27. The molecule has 1 aliphatic rings. The lowest BCUT2D eigenvalue weighted by Gasteiger charge is -2.29. The Bertz CT molecular complexity index is 635. The third-order valence-corrected chi connectivity index (χ3v) is 5.89. The van der Waals surface area contributed by atoms with E-state index in [1.165, 1.54) is 8.99 Å². The molecule has 1 aromatic rings. The van der Waals surface area contributed by atoms with Gasteiger partial charge in [-0.2, -0.15) is 9.40 Å². The van der Waals surface area contributed by atoms with Crippen LogP contribution < -0.4 is 0 Å². The lowest BCUT2D eigenvalue weighted by Crippen LogP contribution is -2.42. The van der Waals surface area contributed by atoms with Crippen LogP contribution >= 0.6 is 0 Å². The number of hydrogen-bond acceptors (Lipinski definition) is 4. The number of carbonyl (C=O) groups is 1. The first-order valence-corrected chi connectivity index (χ1v) is 7.92. The second kappa shape index (κ2) is 5.17. The molecule has 0 radical (unpaired) electrons. The lowest BCUT2D eigenvalue weighted by atomic mass is 10.0. The summed E-state index contributed by atoms with van der Waals surface area (Å²) >= 11 is 0. The van der Waals surface area contributed by atoms with Crippen LogP contribution in [-0.2, 0) is 21.9 Å². The number of aliphatic carboxylic acids is 1. The summed E-state index contributed by atoms with van der Waals surface area (Å²) in [5, 5.41) is 13.2. The second-order valence-electron chi connectivity index (χ2n) is 5.16. The van der Waals surface area contributed by atoms with E-state index in [0.29, 0.717) is 30.8 Å². The van der Waals surface area contributed by atoms with Gasteiger partial charge >= 0.3 is 5.97 Å². The minimum absolute atomic E-state index is 0.0332. The van der Waals surface area contributed by atoms with E-state index in [1.54, 1.807) is 20.9 Å². The van der Waals surface area contributed by atoms with Crippen LogP contribution in [0.3, 0.4) is 0 Å². The van der Waals surface area contributed by atoms with Crippen LogP contribution in [0, 0.1) is 19.8 Å². The topological polar surface area (TPSA) is 92.5 Å². The second-order valence-corrected chi connectivity index (χ2v) is 7.04. The molecule has 20 heavy (non-hydrogen) atoms. The van der Waals surface area contributed by atoms with E-state index in [4.69, 9.17) is 5.11 Å². The van der Waals surface area contributed by atoms with Crippen molar-refractivity contribution in [1.82, 2.24) is 14.1 Å². The van der Waals surface area contributed by atoms with Crippen molar-refractivity contribution in [2.75, 3.05) is 13.1 Å². The van der Waals surface area contributed by atoms with Crippen LogP contribution in [0.1, 0.15) is 24.2 Å². The highest BCUT2D eigenvalue weighted by atomic mass is 32.2. The Balaban J connectivity index is 2.37. The number of aromatic nitrogens is 2. The average Bonchev–Trinajstić information content (AvgIpc) is 2.63. The summed E-state index contributed by atoms with van der Waals surface area (Å²) in [6.45, 7) is 3.75. The van der Waals surface area contributed by atoms with Crippen molar-refractivity contribution in [3.05, 3.63) is 11.4 Å². The van der Waals surface area contributed by atoms with Crippen molar-refractivity contribution in [2.45, 2.75) is 31.6 Å². The van der Waals surface area contributed by atoms with Crippen LogP contribution in [0.5, 0.6) is 0 Å². The van der Waals surface area contributed by atoms with Crippen molar-refractivity contribution in [2.24, 2.45) is 13.0 Å². The van der Waals surface area contributed by atoms with Crippen LogP contribution in [0.25, 0.3) is 0 Å². The van der Waals surface area contributed by atoms with E-state index in [1.807, 2.05) is 0 Å². The molecule has 0 aliphatic carbocycles. The van der Waals surface area contributed by atoms with Gasteiger partial charge in [-0.1, -0.05) is 0 Å². The van der Waals surface area contributed by atoms with Gasteiger partial charge in [0.25, 0.3) is 0 Å². The number of rotatable bonds is 3. The molecule has 1 aromatic heterocycles. The first kappa shape index (κ1) is 15.0. The van der Waals surface area contributed by atoms with E-state index in [-0.39, 0.29) is 11.4 Å². The van der Waals surface area contributed by atoms with Gasteiger partial charge in [0, 0.05) is 20.1 Å². The molecule has 0 spiro atoms. The zero-order valence-corrected chi connectivity index (χ0v) is 12.6. The van der Waals surface area contributed by atoms with E-state index in [0.717, 1.165) is 0 Å². The maximum atomic E-state index is 12.7. The summed E-state index contributed by atoms with van der Waals surface area (Å²) in [5.74, 6) is -1.57. The number of carboxylic acid groups (broad SMARTS) is 1. The standard InChI is InChI=1S/C12H19N3O4S/c1-8-11(9(2)14(3)13-8)20(18,19)15-6-4-5-10(7-15)12(16)17/h10H,4-7H2,1-3H3,(H,16,17). The fourth-order valence-corrected chi connectivity index (χ4v) is 4.54. The van der Waals surface area contributed by atoms with Crippen molar-refractivity contribution in [1.29, 1.82) is 0 Å². The Morgan fingerprint density at radius 3 is 2.55 bits per heavy atom. The summed E-state index contributed by atoms with van der Waals surface area (Å²) < 4.78 is 28.2. The van der Waals surface area contributed by atoms with E-state index in [2.05, 4.69) is 5.10 Å². The Morgan fingerprint density at radius 2 is 2.05 bits per heavy atom. The number of nitrogens with zero attached hydrogens (tertiary/aromatic N) is 3. The van der Waals surface area contributed by atoms with Crippen molar-refractivity contribution < 1.29 is 18.3 Å². The molecule has 2 rings (SSSR count). The minimum atomic E-state index is -3.68.